The fourth-order valence-electron chi connectivity index (χ4n) is 2.69. The SMILES string of the molecule is CCCCOCCOCCNC(=NCC(C)(C)N1CCOCC1)NCC.I. The molecule has 0 aliphatic carbocycles. The number of nitrogens with one attached hydrogen (secondary N) is 2. The number of hydrogen-bond acceptors (Lipinski definition) is 5. The summed E-state index contributed by atoms with van der Waals surface area (Å²) in [5.74, 6) is 0.844. The molecule has 162 valence electrons. The van der Waals surface area contributed by atoms with Gasteiger partial charge in [-0.05, 0) is 27.2 Å². The second-order valence-electron chi connectivity index (χ2n) is 7.11. The molecule has 8 heteroatoms. The van der Waals surface area contributed by atoms with Crippen LogP contribution in [0.3, 0.4) is 0 Å². The third kappa shape index (κ3) is 12.8. The van der Waals surface area contributed by atoms with Gasteiger partial charge in [0.05, 0.1) is 39.6 Å². The highest BCUT2D eigenvalue weighted by atomic mass is 127. The van der Waals surface area contributed by atoms with E-state index in [1.807, 2.05) is 0 Å². The number of ether oxygens (including phenoxy) is 3. The maximum Gasteiger partial charge on any atom is 0.191 e. The highest BCUT2D eigenvalue weighted by Gasteiger charge is 2.27. The van der Waals surface area contributed by atoms with Gasteiger partial charge in [0.25, 0.3) is 0 Å². The molecule has 0 aromatic heterocycles. The standard InChI is InChI=1S/C19H40N4O3.HI/c1-5-7-11-24-15-16-25-12-8-21-18(20-6-2)22-17-19(3,4)23-9-13-26-14-10-23;/h5-17H2,1-4H3,(H2,20,21,22);1H. The van der Waals surface area contributed by atoms with Crippen LogP contribution in [0.25, 0.3) is 0 Å². The summed E-state index contributed by atoms with van der Waals surface area (Å²) in [6, 6.07) is 0. The van der Waals surface area contributed by atoms with Crippen molar-refractivity contribution in [1.29, 1.82) is 0 Å². The lowest BCUT2D eigenvalue weighted by Crippen LogP contribution is -2.52. The van der Waals surface area contributed by atoms with Gasteiger partial charge in [-0.15, -0.1) is 24.0 Å². The summed E-state index contributed by atoms with van der Waals surface area (Å²) in [5, 5.41) is 6.64. The number of aliphatic imine (C=N–C) groups is 1. The third-order valence-electron chi connectivity index (χ3n) is 4.39. The quantitative estimate of drug-likeness (QED) is 0.175. The van der Waals surface area contributed by atoms with Crippen molar-refractivity contribution in [3.05, 3.63) is 0 Å². The number of nitrogens with zero attached hydrogens (tertiary/aromatic N) is 2. The predicted molar refractivity (Wildman–Crippen MR) is 122 cm³/mol. The maximum atomic E-state index is 5.59. The average Bonchev–Trinajstić information content (AvgIpc) is 2.65. The molecule has 0 spiro atoms. The zero-order valence-corrected chi connectivity index (χ0v) is 20.1. The van der Waals surface area contributed by atoms with E-state index >= 15 is 0 Å². The van der Waals surface area contributed by atoms with Gasteiger partial charge in [0.2, 0.25) is 0 Å². The predicted octanol–water partition coefficient (Wildman–Crippen LogP) is 2.10. The summed E-state index contributed by atoms with van der Waals surface area (Å²) in [7, 11) is 0. The van der Waals surface area contributed by atoms with E-state index in [2.05, 4.69) is 43.2 Å². The first-order chi connectivity index (χ1) is 12.6. The van der Waals surface area contributed by atoms with E-state index in [4.69, 9.17) is 19.2 Å². The number of halogens is 1. The van der Waals surface area contributed by atoms with Crippen molar-refractivity contribution in [1.82, 2.24) is 15.5 Å². The van der Waals surface area contributed by atoms with E-state index in [-0.39, 0.29) is 29.5 Å². The summed E-state index contributed by atoms with van der Waals surface area (Å²) < 4.78 is 16.5. The van der Waals surface area contributed by atoms with E-state index in [1.165, 1.54) is 6.42 Å². The molecule has 1 fully saturated rings. The molecule has 1 heterocycles. The van der Waals surface area contributed by atoms with Crippen LogP contribution in [-0.2, 0) is 14.2 Å². The second kappa shape index (κ2) is 16.8. The molecule has 1 aliphatic heterocycles. The van der Waals surface area contributed by atoms with Gasteiger partial charge in [-0.1, -0.05) is 13.3 Å². The smallest absolute Gasteiger partial charge is 0.191 e. The van der Waals surface area contributed by atoms with Gasteiger partial charge >= 0.3 is 0 Å². The molecule has 0 amide bonds. The summed E-state index contributed by atoms with van der Waals surface area (Å²) in [4.78, 5) is 7.21. The Morgan fingerprint density at radius 1 is 1.04 bits per heavy atom. The number of morpholine rings is 1. The lowest BCUT2D eigenvalue weighted by atomic mass is 10.0. The van der Waals surface area contributed by atoms with E-state index in [1.54, 1.807) is 0 Å². The molecular weight excluding hydrogens is 459 g/mol. The van der Waals surface area contributed by atoms with Crippen LogP contribution in [-0.4, -0.2) is 88.8 Å². The van der Waals surface area contributed by atoms with Gasteiger partial charge in [-0.25, -0.2) is 0 Å². The molecule has 2 N–H and O–H groups in total. The molecule has 1 rings (SSSR count). The van der Waals surface area contributed by atoms with E-state index < -0.39 is 0 Å². The van der Waals surface area contributed by atoms with Crippen molar-refractivity contribution in [2.45, 2.75) is 46.1 Å². The monoisotopic (exact) mass is 500 g/mol. The molecule has 0 bridgehead atoms. The van der Waals surface area contributed by atoms with Gasteiger partial charge in [0, 0.05) is 38.3 Å². The Kier molecular flexibility index (Phi) is 16.7. The zero-order valence-electron chi connectivity index (χ0n) is 17.7. The van der Waals surface area contributed by atoms with Gasteiger partial charge in [-0.3, -0.25) is 9.89 Å². The minimum atomic E-state index is 0. The van der Waals surface area contributed by atoms with Gasteiger partial charge in [0.1, 0.15) is 0 Å². The van der Waals surface area contributed by atoms with Crippen molar-refractivity contribution < 1.29 is 14.2 Å². The first kappa shape index (κ1) is 26.8. The fraction of sp³-hybridized carbons (Fsp3) is 0.947. The first-order valence-electron chi connectivity index (χ1n) is 10.1. The molecule has 27 heavy (non-hydrogen) atoms. The summed E-state index contributed by atoms with van der Waals surface area (Å²) in [5.41, 5.74) is 0.0262. The topological polar surface area (TPSA) is 67.4 Å². The van der Waals surface area contributed by atoms with Crippen molar-refractivity contribution in [3.63, 3.8) is 0 Å². The highest BCUT2D eigenvalue weighted by Crippen LogP contribution is 2.16. The molecule has 7 nitrogen and oxygen atoms in total. The van der Waals surface area contributed by atoms with Gasteiger partial charge < -0.3 is 24.8 Å². The first-order valence-corrected chi connectivity index (χ1v) is 10.1. The minimum Gasteiger partial charge on any atom is -0.379 e. The number of rotatable bonds is 13. The summed E-state index contributed by atoms with van der Waals surface area (Å²) in [6.45, 7) is 17.4. The Morgan fingerprint density at radius 3 is 2.33 bits per heavy atom. The van der Waals surface area contributed by atoms with Gasteiger partial charge in [0.15, 0.2) is 5.96 Å². The van der Waals surface area contributed by atoms with E-state index in [9.17, 15) is 0 Å². The van der Waals surface area contributed by atoms with Crippen LogP contribution in [0.5, 0.6) is 0 Å². The lowest BCUT2D eigenvalue weighted by molar-refractivity contribution is -0.00684. The van der Waals surface area contributed by atoms with Gasteiger partial charge in [-0.2, -0.15) is 0 Å². The Bertz CT molecular complexity index is 378. The van der Waals surface area contributed by atoms with Crippen LogP contribution in [0.15, 0.2) is 4.99 Å². The minimum absolute atomic E-state index is 0. The number of hydrogen-bond donors (Lipinski definition) is 2. The Hall–Kier alpha value is -0.160. The number of unbranched alkanes of at least 4 members (excludes halogenated alkanes) is 1. The molecule has 0 aromatic carbocycles. The Morgan fingerprint density at radius 2 is 1.70 bits per heavy atom. The lowest BCUT2D eigenvalue weighted by Gasteiger charge is -2.39. The third-order valence-corrected chi connectivity index (χ3v) is 4.39. The van der Waals surface area contributed by atoms with E-state index in [0.29, 0.717) is 19.8 Å². The van der Waals surface area contributed by atoms with E-state index in [0.717, 1.165) is 64.9 Å². The molecule has 0 saturated carbocycles. The second-order valence-corrected chi connectivity index (χ2v) is 7.11. The van der Waals surface area contributed by atoms with Crippen LogP contribution in [0, 0.1) is 0 Å². The van der Waals surface area contributed by atoms with Crippen LogP contribution in [0.2, 0.25) is 0 Å². The largest absolute Gasteiger partial charge is 0.379 e. The average molecular weight is 500 g/mol. The van der Waals surface area contributed by atoms with Crippen molar-refractivity contribution >= 4 is 29.9 Å². The Balaban J connectivity index is 0.00000676. The van der Waals surface area contributed by atoms with Crippen molar-refractivity contribution in [3.8, 4) is 0 Å². The molecule has 1 saturated heterocycles. The van der Waals surface area contributed by atoms with Crippen molar-refractivity contribution in [2.75, 3.05) is 72.4 Å². The highest BCUT2D eigenvalue weighted by molar-refractivity contribution is 14.0. The summed E-state index contributed by atoms with van der Waals surface area (Å²) in [6.07, 6.45) is 2.28. The molecule has 0 radical (unpaired) electrons. The van der Waals surface area contributed by atoms with Crippen LogP contribution >= 0.6 is 24.0 Å². The van der Waals surface area contributed by atoms with Crippen LogP contribution in [0.1, 0.15) is 40.5 Å². The molecule has 0 atom stereocenters. The molecule has 1 aliphatic rings. The normalized spacial score (nSPS) is 16.1. The zero-order chi connectivity index (χ0) is 19.1. The summed E-state index contributed by atoms with van der Waals surface area (Å²) >= 11 is 0. The maximum absolute atomic E-state index is 5.59. The number of guanidine groups is 1. The fourth-order valence-corrected chi connectivity index (χ4v) is 2.69. The van der Waals surface area contributed by atoms with Crippen molar-refractivity contribution in [2.24, 2.45) is 4.99 Å². The Labute approximate surface area is 183 Å². The van der Waals surface area contributed by atoms with Crippen LogP contribution in [0.4, 0.5) is 0 Å². The molecule has 0 unspecified atom stereocenters. The van der Waals surface area contributed by atoms with Crippen LogP contribution < -0.4 is 10.6 Å². The molecular formula is C19H41IN4O3. The molecule has 0 aromatic rings.